The summed E-state index contributed by atoms with van der Waals surface area (Å²) in [6.07, 6.45) is 13.9. The van der Waals surface area contributed by atoms with Crippen LogP contribution >= 0.6 is 0 Å². The molecule has 23 heavy (non-hydrogen) atoms. The van der Waals surface area contributed by atoms with E-state index in [-0.39, 0.29) is 5.92 Å². The molecule has 0 saturated heterocycles. The minimum atomic E-state index is 0.206. The number of fused-ring (bicyclic) bond motifs is 1. The fourth-order valence-corrected chi connectivity index (χ4v) is 3.17. The van der Waals surface area contributed by atoms with Crippen molar-refractivity contribution in [1.82, 2.24) is 4.98 Å². The maximum atomic E-state index is 10.5. The molecule has 124 valence electrons. The van der Waals surface area contributed by atoms with Gasteiger partial charge in [-0.15, -0.1) is 6.58 Å². The number of hydrogen-bond acceptors (Lipinski definition) is 2. The second kappa shape index (κ2) is 9.34. The van der Waals surface area contributed by atoms with E-state index in [2.05, 4.69) is 18.5 Å². The summed E-state index contributed by atoms with van der Waals surface area (Å²) in [4.78, 5) is 4.31. The molecule has 1 aromatic carbocycles. The number of unbranched alkanes of at least 4 members (excludes halogenated alkanes) is 6. The van der Waals surface area contributed by atoms with Gasteiger partial charge in [0.05, 0.1) is 0 Å². The van der Waals surface area contributed by atoms with E-state index in [9.17, 15) is 5.11 Å². The van der Waals surface area contributed by atoms with Crippen LogP contribution in [0.2, 0.25) is 0 Å². The standard InChI is InChI=1S/C21H29NO/c1-3-5-6-7-8-9-10-12-17(4-2)19-15-14-18-13-11-16-22-20(18)21(19)23/h4,11,13-17,23H,2-3,5-10,12H2,1H3. The second-order valence-corrected chi connectivity index (χ2v) is 6.33. The average Bonchev–Trinajstić information content (AvgIpc) is 2.59. The summed E-state index contributed by atoms with van der Waals surface area (Å²) in [7, 11) is 0. The lowest BCUT2D eigenvalue weighted by molar-refractivity contribution is 0.466. The van der Waals surface area contributed by atoms with Gasteiger partial charge in [-0.1, -0.05) is 76.1 Å². The van der Waals surface area contributed by atoms with Crippen molar-refractivity contribution in [3.05, 3.63) is 48.7 Å². The number of allylic oxidation sites excluding steroid dienone is 1. The van der Waals surface area contributed by atoms with E-state index in [4.69, 9.17) is 0 Å². The third kappa shape index (κ3) is 4.82. The Hall–Kier alpha value is -1.83. The van der Waals surface area contributed by atoms with E-state index in [1.165, 1.54) is 44.9 Å². The summed E-state index contributed by atoms with van der Waals surface area (Å²) < 4.78 is 0. The van der Waals surface area contributed by atoms with Crippen molar-refractivity contribution in [1.29, 1.82) is 0 Å². The molecule has 2 rings (SSSR count). The van der Waals surface area contributed by atoms with Crippen LogP contribution in [0.4, 0.5) is 0 Å². The lowest BCUT2D eigenvalue weighted by Gasteiger charge is -2.15. The monoisotopic (exact) mass is 311 g/mol. The Kier molecular flexibility index (Phi) is 7.12. The SMILES string of the molecule is C=CC(CCCCCCCCC)c1ccc2cccnc2c1O. The molecule has 1 heterocycles. The molecule has 2 aromatic rings. The topological polar surface area (TPSA) is 33.1 Å². The largest absolute Gasteiger partial charge is 0.505 e. The predicted octanol–water partition coefficient (Wildman–Crippen LogP) is 6.35. The van der Waals surface area contributed by atoms with Crippen LogP contribution in [0.15, 0.2) is 43.1 Å². The molecule has 1 atom stereocenters. The Bertz CT molecular complexity index is 620. The van der Waals surface area contributed by atoms with E-state index in [1.807, 2.05) is 30.3 Å². The molecule has 0 aliphatic rings. The van der Waals surface area contributed by atoms with Crippen LogP contribution in [-0.2, 0) is 0 Å². The molecular weight excluding hydrogens is 282 g/mol. The van der Waals surface area contributed by atoms with Gasteiger partial charge in [-0.25, -0.2) is 0 Å². The summed E-state index contributed by atoms with van der Waals surface area (Å²) in [5, 5.41) is 11.5. The van der Waals surface area contributed by atoms with Gasteiger partial charge in [0, 0.05) is 23.1 Å². The molecule has 0 saturated carbocycles. The van der Waals surface area contributed by atoms with Crippen molar-refractivity contribution < 1.29 is 5.11 Å². The minimum Gasteiger partial charge on any atom is -0.505 e. The van der Waals surface area contributed by atoms with Crippen molar-refractivity contribution in [2.24, 2.45) is 0 Å². The van der Waals surface area contributed by atoms with E-state index in [0.29, 0.717) is 11.3 Å². The number of pyridine rings is 1. The van der Waals surface area contributed by atoms with Gasteiger partial charge in [-0.3, -0.25) is 4.98 Å². The predicted molar refractivity (Wildman–Crippen MR) is 99.0 cm³/mol. The van der Waals surface area contributed by atoms with Gasteiger partial charge in [0.2, 0.25) is 0 Å². The molecule has 2 heteroatoms. The lowest BCUT2D eigenvalue weighted by Crippen LogP contribution is -1.97. The highest BCUT2D eigenvalue weighted by atomic mass is 16.3. The zero-order chi connectivity index (χ0) is 16.5. The van der Waals surface area contributed by atoms with Crippen LogP contribution in [0, 0.1) is 0 Å². The second-order valence-electron chi connectivity index (χ2n) is 6.33. The highest BCUT2D eigenvalue weighted by molar-refractivity contribution is 5.85. The fraction of sp³-hybridized carbons (Fsp3) is 0.476. The zero-order valence-corrected chi connectivity index (χ0v) is 14.3. The Labute approximate surface area is 140 Å². The molecule has 0 bridgehead atoms. The first-order valence-electron chi connectivity index (χ1n) is 8.97. The number of nitrogens with zero attached hydrogens (tertiary/aromatic N) is 1. The van der Waals surface area contributed by atoms with Gasteiger partial charge in [-0.2, -0.15) is 0 Å². The van der Waals surface area contributed by atoms with Crippen LogP contribution in [0.5, 0.6) is 5.75 Å². The Balaban J connectivity index is 1.93. The molecule has 1 aromatic heterocycles. The number of aromatic hydroxyl groups is 1. The van der Waals surface area contributed by atoms with Crippen molar-refractivity contribution in [3.63, 3.8) is 0 Å². The molecule has 0 spiro atoms. The Morgan fingerprint density at radius 1 is 1.09 bits per heavy atom. The normalized spacial score (nSPS) is 12.4. The maximum Gasteiger partial charge on any atom is 0.145 e. The molecule has 2 nitrogen and oxygen atoms in total. The van der Waals surface area contributed by atoms with Crippen LogP contribution < -0.4 is 0 Å². The summed E-state index contributed by atoms with van der Waals surface area (Å²) in [5.74, 6) is 0.521. The smallest absolute Gasteiger partial charge is 0.145 e. The van der Waals surface area contributed by atoms with Crippen molar-refractivity contribution >= 4 is 10.9 Å². The highest BCUT2D eigenvalue weighted by Gasteiger charge is 2.14. The van der Waals surface area contributed by atoms with Crippen LogP contribution in [0.1, 0.15) is 69.8 Å². The molecule has 0 aliphatic carbocycles. The first-order chi connectivity index (χ1) is 11.3. The number of aromatic nitrogens is 1. The van der Waals surface area contributed by atoms with Gasteiger partial charge in [0.25, 0.3) is 0 Å². The Morgan fingerprint density at radius 3 is 2.57 bits per heavy atom. The van der Waals surface area contributed by atoms with E-state index in [1.54, 1.807) is 6.20 Å². The molecule has 0 amide bonds. The number of rotatable bonds is 10. The maximum absolute atomic E-state index is 10.5. The third-order valence-electron chi connectivity index (χ3n) is 4.58. The van der Waals surface area contributed by atoms with Crippen LogP contribution in [0.25, 0.3) is 10.9 Å². The first-order valence-corrected chi connectivity index (χ1v) is 8.97. The van der Waals surface area contributed by atoms with Gasteiger partial charge in [0.15, 0.2) is 0 Å². The first kappa shape index (κ1) is 17.5. The zero-order valence-electron chi connectivity index (χ0n) is 14.3. The number of phenols is 1. The third-order valence-corrected chi connectivity index (χ3v) is 4.58. The van der Waals surface area contributed by atoms with Crippen LogP contribution in [0.3, 0.4) is 0 Å². The number of benzene rings is 1. The molecule has 0 aliphatic heterocycles. The van der Waals surface area contributed by atoms with E-state index in [0.717, 1.165) is 17.4 Å². The molecule has 0 radical (unpaired) electrons. The van der Waals surface area contributed by atoms with Crippen LogP contribution in [-0.4, -0.2) is 10.1 Å². The van der Waals surface area contributed by atoms with Crippen molar-refractivity contribution in [2.75, 3.05) is 0 Å². The van der Waals surface area contributed by atoms with E-state index < -0.39 is 0 Å². The fourth-order valence-electron chi connectivity index (χ4n) is 3.17. The molecule has 1 N–H and O–H groups in total. The minimum absolute atomic E-state index is 0.206. The van der Waals surface area contributed by atoms with Crippen molar-refractivity contribution in [3.8, 4) is 5.75 Å². The summed E-state index contributed by atoms with van der Waals surface area (Å²) in [6, 6.07) is 7.93. The number of hydrogen-bond donors (Lipinski definition) is 1. The molecular formula is C21H29NO. The van der Waals surface area contributed by atoms with Crippen molar-refractivity contribution in [2.45, 2.75) is 64.2 Å². The summed E-state index contributed by atoms with van der Waals surface area (Å²) in [5.41, 5.74) is 1.65. The Morgan fingerprint density at radius 2 is 1.83 bits per heavy atom. The van der Waals surface area contributed by atoms with Gasteiger partial charge >= 0.3 is 0 Å². The molecule has 1 unspecified atom stereocenters. The molecule has 0 fully saturated rings. The van der Waals surface area contributed by atoms with Gasteiger partial charge in [0.1, 0.15) is 11.3 Å². The van der Waals surface area contributed by atoms with Gasteiger partial charge < -0.3 is 5.11 Å². The number of phenolic OH excluding ortho intramolecular Hbond substituents is 1. The quantitative estimate of drug-likeness (QED) is 0.409. The lowest BCUT2D eigenvalue weighted by atomic mass is 9.91. The van der Waals surface area contributed by atoms with E-state index >= 15 is 0 Å². The highest BCUT2D eigenvalue weighted by Crippen LogP contribution is 2.35. The summed E-state index contributed by atoms with van der Waals surface area (Å²) >= 11 is 0. The average molecular weight is 311 g/mol. The summed E-state index contributed by atoms with van der Waals surface area (Å²) in [6.45, 7) is 6.22. The van der Waals surface area contributed by atoms with Gasteiger partial charge in [-0.05, 0) is 12.5 Å².